The summed E-state index contributed by atoms with van der Waals surface area (Å²) in [4.78, 5) is 15.3. The number of primary amides is 1. The molecule has 0 fully saturated rings. The lowest BCUT2D eigenvalue weighted by Gasteiger charge is -2.09. The lowest BCUT2D eigenvalue weighted by atomic mass is 10.00. The number of carbonyl (C=O) groups is 1. The molecule has 2 N–H and O–H groups in total. The van der Waals surface area contributed by atoms with E-state index >= 15 is 0 Å². The molecule has 5 heteroatoms. The molecule has 3 nitrogen and oxygen atoms in total. The van der Waals surface area contributed by atoms with Crippen molar-refractivity contribution in [3.8, 4) is 11.1 Å². The molecular weight excluding hydrogens is 274 g/mol. The third-order valence-electron chi connectivity index (χ3n) is 3.20. The second kappa shape index (κ2) is 4.94. The fourth-order valence-corrected chi connectivity index (χ4v) is 2.21. The standard InChI is InChI=1S/C16H10F2N2O/c17-10-6-4-9(5-7-10)12-8-14(16(19)21)20-15-11(12)2-1-3-13(15)18/h1-8H,(H2,19,21). The van der Waals surface area contributed by atoms with E-state index in [1.54, 1.807) is 24.3 Å². The molecule has 3 aromatic rings. The lowest BCUT2D eigenvalue weighted by Crippen LogP contribution is -2.13. The van der Waals surface area contributed by atoms with E-state index in [0.29, 0.717) is 16.5 Å². The lowest BCUT2D eigenvalue weighted by molar-refractivity contribution is 0.0996. The number of hydrogen-bond acceptors (Lipinski definition) is 2. The van der Waals surface area contributed by atoms with Crippen LogP contribution < -0.4 is 5.73 Å². The predicted molar refractivity (Wildman–Crippen MR) is 75.6 cm³/mol. The highest BCUT2D eigenvalue weighted by Gasteiger charge is 2.13. The van der Waals surface area contributed by atoms with Gasteiger partial charge in [0.25, 0.3) is 5.91 Å². The Morgan fingerprint density at radius 3 is 2.43 bits per heavy atom. The zero-order chi connectivity index (χ0) is 15.0. The first kappa shape index (κ1) is 13.2. The van der Waals surface area contributed by atoms with Crippen LogP contribution in [0.25, 0.3) is 22.0 Å². The van der Waals surface area contributed by atoms with Crippen molar-refractivity contribution in [2.75, 3.05) is 0 Å². The summed E-state index contributed by atoms with van der Waals surface area (Å²) in [6.07, 6.45) is 0. The molecule has 0 spiro atoms. The van der Waals surface area contributed by atoms with Crippen LogP contribution in [-0.2, 0) is 0 Å². The van der Waals surface area contributed by atoms with E-state index in [9.17, 15) is 13.6 Å². The third-order valence-corrected chi connectivity index (χ3v) is 3.20. The molecule has 104 valence electrons. The molecule has 3 rings (SSSR count). The van der Waals surface area contributed by atoms with Crippen molar-refractivity contribution < 1.29 is 13.6 Å². The Kier molecular flexibility index (Phi) is 3.10. The van der Waals surface area contributed by atoms with Gasteiger partial charge in [-0.3, -0.25) is 4.79 Å². The molecule has 0 unspecified atom stereocenters. The number of amides is 1. The van der Waals surface area contributed by atoms with Crippen LogP contribution in [0.1, 0.15) is 10.5 Å². The van der Waals surface area contributed by atoms with Crippen molar-refractivity contribution in [1.29, 1.82) is 0 Å². The highest BCUT2D eigenvalue weighted by Crippen LogP contribution is 2.29. The van der Waals surface area contributed by atoms with Crippen molar-refractivity contribution >= 4 is 16.8 Å². The largest absolute Gasteiger partial charge is 0.364 e. The Hall–Kier alpha value is -2.82. The number of nitrogens with two attached hydrogens (primary N) is 1. The molecule has 0 bridgehead atoms. The van der Waals surface area contributed by atoms with Gasteiger partial charge >= 0.3 is 0 Å². The molecule has 0 atom stereocenters. The zero-order valence-corrected chi connectivity index (χ0v) is 10.8. The molecule has 1 amide bonds. The van der Waals surface area contributed by atoms with Crippen molar-refractivity contribution in [2.45, 2.75) is 0 Å². The SMILES string of the molecule is NC(=O)c1cc(-c2ccc(F)cc2)c2cccc(F)c2n1. The molecule has 0 aliphatic heterocycles. The number of fused-ring (bicyclic) bond motifs is 1. The minimum atomic E-state index is -0.747. The number of nitrogens with zero attached hydrogens (tertiary/aromatic N) is 1. The highest BCUT2D eigenvalue weighted by atomic mass is 19.1. The van der Waals surface area contributed by atoms with Gasteiger partial charge in [-0.15, -0.1) is 0 Å². The summed E-state index contributed by atoms with van der Waals surface area (Å²) in [5, 5.41) is 0.534. The number of carbonyl (C=O) groups excluding carboxylic acids is 1. The van der Waals surface area contributed by atoms with E-state index in [2.05, 4.69) is 4.98 Å². The number of para-hydroxylation sites is 1. The summed E-state index contributed by atoms with van der Waals surface area (Å²) in [5.41, 5.74) is 6.50. The van der Waals surface area contributed by atoms with Crippen LogP contribution in [0.2, 0.25) is 0 Å². The quantitative estimate of drug-likeness (QED) is 0.785. The highest BCUT2D eigenvalue weighted by molar-refractivity contribution is 6.00. The maximum absolute atomic E-state index is 13.9. The summed E-state index contributed by atoms with van der Waals surface area (Å²) < 4.78 is 27.0. The van der Waals surface area contributed by atoms with Gasteiger partial charge < -0.3 is 5.73 Å². The topological polar surface area (TPSA) is 56.0 Å². The monoisotopic (exact) mass is 284 g/mol. The van der Waals surface area contributed by atoms with Crippen LogP contribution in [0, 0.1) is 11.6 Å². The third kappa shape index (κ3) is 2.33. The van der Waals surface area contributed by atoms with Crippen LogP contribution in [0.15, 0.2) is 48.5 Å². The molecule has 0 aliphatic carbocycles. The summed E-state index contributed by atoms with van der Waals surface area (Å²) in [6, 6.07) is 11.7. The fraction of sp³-hybridized carbons (Fsp3) is 0. The summed E-state index contributed by atoms with van der Waals surface area (Å²) in [7, 11) is 0. The smallest absolute Gasteiger partial charge is 0.267 e. The number of hydrogen-bond donors (Lipinski definition) is 1. The van der Waals surface area contributed by atoms with Crippen molar-refractivity contribution in [3.05, 3.63) is 65.9 Å². The normalized spacial score (nSPS) is 10.8. The number of aromatic nitrogens is 1. The summed E-state index contributed by atoms with van der Waals surface area (Å²) in [6.45, 7) is 0. The van der Waals surface area contributed by atoms with E-state index < -0.39 is 11.7 Å². The predicted octanol–water partition coefficient (Wildman–Crippen LogP) is 3.28. The number of pyridine rings is 1. The van der Waals surface area contributed by atoms with Crippen molar-refractivity contribution in [3.63, 3.8) is 0 Å². The van der Waals surface area contributed by atoms with Crippen molar-refractivity contribution in [2.24, 2.45) is 5.73 Å². The van der Waals surface area contributed by atoms with E-state index in [1.165, 1.54) is 24.3 Å². The van der Waals surface area contributed by atoms with Crippen LogP contribution in [0.3, 0.4) is 0 Å². The molecule has 2 aromatic carbocycles. The number of rotatable bonds is 2. The Morgan fingerprint density at radius 1 is 1.05 bits per heavy atom. The van der Waals surface area contributed by atoms with Crippen molar-refractivity contribution in [1.82, 2.24) is 4.98 Å². The van der Waals surface area contributed by atoms with E-state index in [1.807, 2.05) is 0 Å². The van der Waals surface area contributed by atoms with E-state index in [-0.39, 0.29) is 17.0 Å². The summed E-state index contributed by atoms with van der Waals surface area (Å²) >= 11 is 0. The summed E-state index contributed by atoms with van der Waals surface area (Å²) in [5.74, 6) is -1.67. The van der Waals surface area contributed by atoms with Gasteiger partial charge in [0.15, 0.2) is 0 Å². The Morgan fingerprint density at radius 2 is 1.76 bits per heavy atom. The molecule has 0 aliphatic rings. The Balaban J connectivity index is 2.37. The van der Waals surface area contributed by atoms with Gasteiger partial charge in [0.1, 0.15) is 22.8 Å². The molecule has 1 heterocycles. The maximum atomic E-state index is 13.9. The Bertz CT molecular complexity index is 845. The minimum Gasteiger partial charge on any atom is -0.364 e. The van der Waals surface area contributed by atoms with Gasteiger partial charge in [-0.25, -0.2) is 13.8 Å². The van der Waals surface area contributed by atoms with Crippen LogP contribution >= 0.6 is 0 Å². The van der Waals surface area contributed by atoms with E-state index in [4.69, 9.17) is 5.73 Å². The van der Waals surface area contributed by atoms with Gasteiger partial charge in [0.2, 0.25) is 0 Å². The number of halogens is 2. The van der Waals surface area contributed by atoms with E-state index in [0.717, 1.165) is 0 Å². The number of benzene rings is 2. The first-order chi connectivity index (χ1) is 10.1. The molecule has 0 radical (unpaired) electrons. The fourth-order valence-electron chi connectivity index (χ4n) is 2.21. The van der Waals surface area contributed by atoms with Crippen LogP contribution in [0.4, 0.5) is 8.78 Å². The molecule has 0 saturated carbocycles. The molecule has 1 aromatic heterocycles. The second-order valence-electron chi connectivity index (χ2n) is 4.56. The average Bonchev–Trinajstić information content (AvgIpc) is 2.47. The molecule has 21 heavy (non-hydrogen) atoms. The van der Waals surface area contributed by atoms with Gasteiger partial charge in [-0.05, 0) is 35.4 Å². The van der Waals surface area contributed by atoms with Gasteiger partial charge in [0, 0.05) is 5.39 Å². The first-order valence-electron chi connectivity index (χ1n) is 6.21. The zero-order valence-electron chi connectivity index (χ0n) is 10.8. The maximum Gasteiger partial charge on any atom is 0.267 e. The van der Waals surface area contributed by atoms with Crippen LogP contribution in [-0.4, -0.2) is 10.9 Å². The first-order valence-corrected chi connectivity index (χ1v) is 6.21. The van der Waals surface area contributed by atoms with Gasteiger partial charge in [-0.1, -0.05) is 24.3 Å². The second-order valence-corrected chi connectivity index (χ2v) is 4.56. The minimum absolute atomic E-state index is 0.0353. The van der Waals surface area contributed by atoms with Gasteiger partial charge in [0.05, 0.1) is 0 Å². The average molecular weight is 284 g/mol. The van der Waals surface area contributed by atoms with Gasteiger partial charge in [-0.2, -0.15) is 0 Å². The molecular formula is C16H10F2N2O. The molecule has 0 saturated heterocycles. The Labute approximate surface area is 119 Å². The van der Waals surface area contributed by atoms with Crippen LogP contribution in [0.5, 0.6) is 0 Å².